The van der Waals surface area contributed by atoms with Crippen LogP contribution in [0.2, 0.25) is 0 Å². The number of benzene rings is 1. The zero-order chi connectivity index (χ0) is 13.2. The first kappa shape index (κ1) is 14.7. The molecule has 1 atom stereocenters. The van der Waals surface area contributed by atoms with Crippen LogP contribution in [0.25, 0.3) is 0 Å². The summed E-state index contributed by atoms with van der Waals surface area (Å²) in [6.45, 7) is 4.11. The van der Waals surface area contributed by atoms with Crippen LogP contribution >= 0.6 is 0 Å². The summed E-state index contributed by atoms with van der Waals surface area (Å²) in [5.41, 5.74) is 1.86. The minimum Gasteiger partial charge on any atom is -0.394 e. The van der Waals surface area contributed by atoms with E-state index in [0.29, 0.717) is 18.8 Å². The molecule has 0 saturated carbocycles. The van der Waals surface area contributed by atoms with E-state index in [-0.39, 0.29) is 12.6 Å². The molecule has 0 aliphatic heterocycles. The van der Waals surface area contributed by atoms with E-state index in [2.05, 4.69) is 18.3 Å². The van der Waals surface area contributed by atoms with Crippen molar-refractivity contribution in [2.24, 2.45) is 0 Å². The Bertz CT molecular complexity index is 370. The van der Waals surface area contributed by atoms with Crippen LogP contribution in [0.1, 0.15) is 30.5 Å². The van der Waals surface area contributed by atoms with Crippen LogP contribution in [0.3, 0.4) is 0 Å². The molecule has 2 N–H and O–H groups in total. The highest BCUT2D eigenvalue weighted by atomic mass is 16.5. The van der Waals surface area contributed by atoms with Gasteiger partial charge in [-0.25, -0.2) is 0 Å². The van der Waals surface area contributed by atoms with Crippen LogP contribution in [0, 0.1) is 11.3 Å². The van der Waals surface area contributed by atoms with Gasteiger partial charge < -0.3 is 15.2 Å². The molecule has 0 aromatic heterocycles. The topological polar surface area (TPSA) is 65.3 Å². The Labute approximate surface area is 108 Å². The van der Waals surface area contributed by atoms with E-state index >= 15 is 0 Å². The summed E-state index contributed by atoms with van der Waals surface area (Å²) in [7, 11) is 0. The predicted octanol–water partition coefficient (Wildman–Crippen LogP) is 1.61. The predicted molar refractivity (Wildman–Crippen MR) is 70.1 cm³/mol. The van der Waals surface area contributed by atoms with Crippen molar-refractivity contribution in [3.8, 4) is 6.07 Å². The van der Waals surface area contributed by atoms with Gasteiger partial charge in [0.25, 0.3) is 0 Å². The van der Waals surface area contributed by atoms with Gasteiger partial charge >= 0.3 is 0 Å². The minimum absolute atomic E-state index is 0.0784. The second-order valence-electron chi connectivity index (χ2n) is 4.10. The summed E-state index contributed by atoms with van der Waals surface area (Å²) in [5, 5.41) is 20.6. The maximum atomic E-state index is 8.71. The third-order valence-corrected chi connectivity index (χ3v) is 2.69. The van der Waals surface area contributed by atoms with Gasteiger partial charge in [0.15, 0.2) is 0 Å². The Hall–Kier alpha value is -1.41. The smallest absolute Gasteiger partial charge is 0.0991 e. The highest BCUT2D eigenvalue weighted by Crippen LogP contribution is 2.12. The van der Waals surface area contributed by atoms with Gasteiger partial charge in [-0.15, -0.1) is 0 Å². The Morgan fingerprint density at radius 2 is 2.06 bits per heavy atom. The summed E-state index contributed by atoms with van der Waals surface area (Å²) < 4.78 is 5.17. The Kier molecular flexibility index (Phi) is 7.04. The molecule has 0 aliphatic carbocycles. The Morgan fingerprint density at radius 1 is 1.33 bits per heavy atom. The number of nitrogens with zero attached hydrogens (tertiary/aromatic N) is 1. The van der Waals surface area contributed by atoms with Crippen LogP contribution in [-0.2, 0) is 4.74 Å². The molecule has 0 radical (unpaired) electrons. The number of aliphatic hydroxyl groups excluding tert-OH is 1. The molecule has 98 valence electrons. The van der Waals surface area contributed by atoms with Crippen LogP contribution in [0.5, 0.6) is 0 Å². The van der Waals surface area contributed by atoms with Crippen molar-refractivity contribution in [1.82, 2.24) is 5.32 Å². The molecule has 1 unspecified atom stereocenters. The van der Waals surface area contributed by atoms with Crippen LogP contribution in [0.4, 0.5) is 0 Å². The molecule has 1 rings (SSSR count). The molecule has 1 aromatic rings. The second kappa shape index (κ2) is 8.65. The number of ether oxygens (including phenoxy) is 1. The number of nitriles is 1. The van der Waals surface area contributed by atoms with Gasteiger partial charge in [0.2, 0.25) is 0 Å². The van der Waals surface area contributed by atoms with Gasteiger partial charge in [-0.05, 0) is 37.6 Å². The fraction of sp³-hybridized carbons (Fsp3) is 0.500. The minimum atomic E-state index is 0.0784. The normalized spacial score (nSPS) is 12.1. The van der Waals surface area contributed by atoms with E-state index in [1.165, 1.54) is 5.56 Å². The lowest BCUT2D eigenvalue weighted by molar-refractivity contribution is 0.0904. The van der Waals surface area contributed by atoms with E-state index < -0.39 is 0 Å². The van der Waals surface area contributed by atoms with Gasteiger partial charge in [0.05, 0.1) is 24.8 Å². The van der Waals surface area contributed by atoms with Gasteiger partial charge in [0, 0.05) is 12.6 Å². The number of hydrogen-bond acceptors (Lipinski definition) is 4. The van der Waals surface area contributed by atoms with Gasteiger partial charge in [-0.1, -0.05) is 12.1 Å². The number of aliphatic hydroxyl groups is 1. The first-order valence-electron chi connectivity index (χ1n) is 6.20. The molecule has 0 bridgehead atoms. The Balaban J connectivity index is 2.23. The van der Waals surface area contributed by atoms with Crippen molar-refractivity contribution in [2.75, 3.05) is 26.4 Å². The number of nitrogens with one attached hydrogen (secondary N) is 1. The van der Waals surface area contributed by atoms with Crippen molar-refractivity contribution in [3.63, 3.8) is 0 Å². The van der Waals surface area contributed by atoms with Gasteiger partial charge in [-0.2, -0.15) is 5.26 Å². The first-order chi connectivity index (χ1) is 8.77. The van der Waals surface area contributed by atoms with Crippen molar-refractivity contribution in [1.29, 1.82) is 5.26 Å². The maximum absolute atomic E-state index is 8.71. The summed E-state index contributed by atoms with van der Waals surface area (Å²) in [5.74, 6) is 0. The molecule has 0 fully saturated rings. The lowest BCUT2D eigenvalue weighted by Crippen LogP contribution is -2.21. The molecule has 0 saturated heterocycles. The molecule has 0 aliphatic rings. The van der Waals surface area contributed by atoms with E-state index in [9.17, 15) is 0 Å². The lowest BCUT2D eigenvalue weighted by Gasteiger charge is -2.14. The Morgan fingerprint density at radius 3 is 2.67 bits per heavy atom. The largest absolute Gasteiger partial charge is 0.394 e. The SMILES string of the molecule is CC(NCCCOCCO)c1ccc(C#N)cc1. The third kappa shape index (κ3) is 5.28. The van der Waals surface area contributed by atoms with E-state index in [0.717, 1.165) is 13.0 Å². The van der Waals surface area contributed by atoms with Gasteiger partial charge in [0.1, 0.15) is 0 Å². The zero-order valence-corrected chi connectivity index (χ0v) is 10.7. The lowest BCUT2D eigenvalue weighted by atomic mass is 10.1. The standard InChI is InChI=1S/C14H20N2O2/c1-12(16-7-2-9-18-10-8-17)14-5-3-13(11-15)4-6-14/h3-6,12,16-17H,2,7-10H2,1H3. The van der Waals surface area contributed by atoms with Crippen molar-refractivity contribution < 1.29 is 9.84 Å². The highest BCUT2D eigenvalue weighted by molar-refractivity contribution is 5.32. The van der Waals surface area contributed by atoms with Crippen LogP contribution < -0.4 is 5.32 Å². The molecule has 18 heavy (non-hydrogen) atoms. The summed E-state index contributed by atoms with van der Waals surface area (Å²) >= 11 is 0. The molecule has 0 heterocycles. The monoisotopic (exact) mass is 248 g/mol. The third-order valence-electron chi connectivity index (χ3n) is 2.69. The van der Waals surface area contributed by atoms with Crippen LogP contribution in [-0.4, -0.2) is 31.5 Å². The van der Waals surface area contributed by atoms with Crippen molar-refractivity contribution in [2.45, 2.75) is 19.4 Å². The van der Waals surface area contributed by atoms with E-state index in [1.54, 1.807) is 0 Å². The molecule has 1 aromatic carbocycles. The maximum Gasteiger partial charge on any atom is 0.0991 e. The first-order valence-corrected chi connectivity index (χ1v) is 6.20. The number of hydrogen-bond donors (Lipinski definition) is 2. The van der Waals surface area contributed by atoms with Gasteiger partial charge in [-0.3, -0.25) is 0 Å². The molecular weight excluding hydrogens is 228 g/mol. The average molecular weight is 248 g/mol. The fourth-order valence-electron chi connectivity index (χ4n) is 1.62. The molecule has 0 amide bonds. The van der Waals surface area contributed by atoms with E-state index in [4.69, 9.17) is 15.1 Å². The summed E-state index contributed by atoms with van der Waals surface area (Å²) in [6.07, 6.45) is 0.917. The second-order valence-corrected chi connectivity index (χ2v) is 4.10. The molecular formula is C14H20N2O2. The molecule has 0 spiro atoms. The fourth-order valence-corrected chi connectivity index (χ4v) is 1.62. The summed E-state index contributed by atoms with van der Waals surface area (Å²) in [6, 6.07) is 9.97. The quantitative estimate of drug-likeness (QED) is 0.686. The summed E-state index contributed by atoms with van der Waals surface area (Å²) in [4.78, 5) is 0. The van der Waals surface area contributed by atoms with Crippen molar-refractivity contribution in [3.05, 3.63) is 35.4 Å². The number of rotatable bonds is 8. The van der Waals surface area contributed by atoms with Crippen LogP contribution in [0.15, 0.2) is 24.3 Å². The highest BCUT2D eigenvalue weighted by Gasteiger charge is 2.03. The zero-order valence-electron chi connectivity index (χ0n) is 10.7. The van der Waals surface area contributed by atoms with Crippen molar-refractivity contribution >= 4 is 0 Å². The average Bonchev–Trinajstić information content (AvgIpc) is 2.42. The molecule has 4 heteroatoms. The molecule has 4 nitrogen and oxygen atoms in total. The van der Waals surface area contributed by atoms with E-state index in [1.807, 2.05) is 24.3 Å².